The number of carbonyl (C=O) groups excluding carboxylic acids is 2. The summed E-state index contributed by atoms with van der Waals surface area (Å²) < 4.78 is 30.0. The Kier molecular flexibility index (Phi) is 6.30. The van der Waals surface area contributed by atoms with Crippen LogP contribution in [0.4, 0.5) is 20.7 Å². The molecule has 1 aliphatic rings. The van der Waals surface area contributed by atoms with Crippen LogP contribution in [-0.4, -0.2) is 48.6 Å². The van der Waals surface area contributed by atoms with Gasteiger partial charge in [-0.15, -0.1) is 0 Å². The van der Waals surface area contributed by atoms with Gasteiger partial charge in [0.15, 0.2) is 5.82 Å². The lowest BCUT2D eigenvalue weighted by atomic mass is 10.2. The number of ether oxygens (including phenoxy) is 2. The van der Waals surface area contributed by atoms with E-state index in [-0.39, 0.29) is 19.6 Å². The molecule has 2 aromatic rings. The van der Waals surface area contributed by atoms with Gasteiger partial charge in [0.1, 0.15) is 30.3 Å². The Morgan fingerprint density at radius 3 is 2.79 bits per heavy atom. The van der Waals surface area contributed by atoms with Crippen molar-refractivity contribution >= 4 is 46.2 Å². The lowest BCUT2D eigenvalue weighted by Gasteiger charge is -2.26. The highest BCUT2D eigenvalue weighted by molar-refractivity contribution is 14.1. The Hall–Kier alpha value is -2.37. The standard InChI is InChI=1S/C19H21FIN3O5/c1-19(2,3)29-17(25)11-23(16-6-7-27-22-16)9-13-10-24(18(26)28-13)12-4-5-15(21)14(20)8-12/h4-8,13H,9-11H2,1-3H3/t13-/m0/s1. The van der Waals surface area contributed by atoms with Crippen LogP contribution in [0.25, 0.3) is 0 Å². The predicted octanol–water partition coefficient (Wildman–Crippen LogP) is 3.59. The van der Waals surface area contributed by atoms with Crippen LogP contribution in [0.1, 0.15) is 20.8 Å². The van der Waals surface area contributed by atoms with E-state index in [1.54, 1.807) is 43.9 Å². The molecule has 1 atom stereocenters. The number of nitrogens with zero attached hydrogens (tertiary/aromatic N) is 3. The molecule has 1 aromatic heterocycles. The van der Waals surface area contributed by atoms with Crippen molar-refractivity contribution in [1.29, 1.82) is 0 Å². The Labute approximate surface area is 181 Å². The fourth-order valence-electron chi connectivity index (χ4n) is 2.86. The Balaban J connectivity index is 1.70. The van der Waals surface area contributed by atoms with Gasteiger partial charge < -0.3 is 18.9 Å². The lowest BCUT2D eigenvalue weighted by molar-refractivity contribution is -0.153. The second-order valence-electron chi connectivity index (χ2n) is 7.54. The quantitative estimate of drug-likeness (QED) is 0.428. The molecule has 1 aliphatic heterocycles. The van der Waals surface area contributed by atoms with Gasteiger partial charge in [0.05, 0.1) is 18.8 Å². The largest absolute Gasteiger partial charge is 0.459 e. The van der Waals surface area contributed by atoms with Crippen molar-refractivity contribution in [3.8, 4) is 0 Å². The molecular weight excluding hydrogens is 496 g/mol. The fourth-order valence-corrected chi connectivity index (χ4v) is 3.20. The third-order valence-electron chi connectivity index (χ3n) is 4.00. The van der Waals surface area contributed by atoms with Gasteiger partial charge in [-0.05, 0) is 61.6 Å². The summed E-state index contributed by atoms with van der Waals surface area (Å²) in [5.74, 6) is -0.430. The molecule has 1 aromatic carbocycles. The van der Waals surface area contributed by atoms with Gasteiger partial charge in [0, 0.05) is 9.64 Å². The zero-order valence-corrected chi connectivity index (χ0v) is 18.4. The molecule has 1 amide bonds. The van der Waals surface area contributed by atoms with E-state index in [0.717, 1.165) is 0 Å². The number of esters is 1. The first-order valence-electron chi connectivity index (χ1n) is 8.93. The number of amides is 1. The van der Waals surface area contributed by atoms with Crippen LogP contribution in [-0.2, 0) is 14.3 Å². The minimum atomic E-state index is -0.627. The summed E-state index contributed by atoms with van der Waals surface area (Å²) >= 11 is 1.88. The number of aromatic nitrogens is 1. The molecule has 0 aliphatic carbocycles. The number of hydrogen-bond donors (Lipinski definition) is 0. The molecule has 3 rings (SSSR count). The number of benzene rings is 1. The molecule has 0 bridgehead atoms. The van der Waals surface area contributed by atoms with Gasteiger partial charge in [-0.1, -0.05) is 5.16 Å². The second kappa shape index (κ2) is 8.56. The topological polar surface area (TPSA) is 85.1 Å². The van der Waals surface area contributed by atoms with Gasteiger partial charge in [0.2, 0.25) is 0 Å². The predicted molar refractivity (Wildman–Crippen MR) is 111 cm³/mol. The van der Waals surface area contributed by atoms with Gasteiger partial charge in [0.25, 0.3) is 0 Å². The van der Waals surface area contributed by atoms with E-state index < -0.39 is 29.6 Å². The normalized spacial score (nSPS) is 16.7. The molecule has 29 heavy (non-hydrogen) atoms. The number of rotatable bonds is 6. The van der Waals surface area contributed by atoms with Gasteiger partial charge in [-0.2, -0.15) is 0 Å². The first kappa shape index (κ1) is 21.3. The van der Waals surface area contributed by atoms with Crippen molar-refractivity contribution in [2.24, 2.45) is 0 Å². The maximum absolute atomic E-state index is 13.9. The van der Waals surface area contributed by atoms with Gasteiger partial charge in [-0.3, -0.25) is 9.69 Å². The maximum Gasteiger partial charge on any atom is 0.414 e. The monoisotopic (exact) mass is 517 g/mol. The van der Waals surface area contributed by atoms with Crippen molar-refractivity contribution < 1.29 is 28.0 Å². The minimum Gasteiger partial charge on any atom is -0.459 e. The van der Waals surface area contributed by atoms with Gasteiger partial charge >= 0.3 is 12.1 Å². The van der Waals surface area contributed by atoms with Crippen LogP contribution in [0, 0.1) is 9.39 Å². The number of halogens is 2. The Morgan fingerprint density at radius 2 is 2.17 bits per heavy atom. The average molecular weight is 517 g/mol. The van der Waals surface area contributed by atoms with Crippen LogP contribution in [0.5, 0.6) is 0 Å². The molecular formula is C19H21FIN3O5. The summed E-state index contributed by atoms with van der Waals surface area (Å²) in [4.78, 5) is 27.5. The Bertz CT molecular complexity index is 884. The van der Waals surface area contributed by atoms with E-state index in [2.05, 4.69) is 5.16 Å². The third kappa shape index (κ3) is 5.58. The highest BCUT2D eigenvalue weighted by Gasteiger charge is 2.35. The van der Waals surface area contributed by atoms with Crippen molar-refractivity contribution in [2.75, 3.05) is 29.4 Å². The molecule has 0 N–H and O–H groups in total. The van der Waals surface area contributed by atoms with E-state index in [4.69, 9.17) is 14.0 Å². The molecule has 0 spiro atoms. The van der Waals surface area contributed by atoms with Crippen LogP contribution in [0.2, 0.25) is 0 Å². The van der Waals surface area contributed by atoms with Crippen LogP contribution >= 0.6 is 22.6 Å². The summed E-state index contributed by atoms with van der Waals surface area (Å²) in [6.07, 6.45) is 0.260. The third-order valence-corrected chi connectivity index (χ3v) is 4.88. The SMILES string of the molecule is CC(C)(C)OC(=O)CN(C[C@H]1CN(c2ccc(I)c(F)c2)C(=O)O1)c1ccon1. The molecule has 2 heterocycles. The molecule has 0 saturated carbocycles. The number of anilines is 2. The number of hydrogen-bond acceptors (Lipinski definition) is 7. The van der Waals surface area contributed by atoms with Crippen molar-refractivity contribution in [1.82, 2.24) is 5.16 Å². The summed E-state index contributed by atoms with van der Waals surface area (Å²) in [5, 5.41) is 3.86. The molecule has 0 unspecified atom stereocenters. The van der Waals surface area contributed by atoms with E-state index in [0.29, 0.717) is 15.1 Å². The van der Waals surface area contributed by atoms with Crippen LogP contribution in [0.15, 0.2) is 35.1 Å². The Morgan fingerprint density at radius 1 is 1.41 bits per heavy atom. The summed E-state index contributed by atoms with van der Waals surface area (Å²) in [6.45, 7) is 5.66. The van der Waals surface area contributed by atoms with Crippen LogP contribution < -0.4 is 9.80 Å². The highest BCUT2D eigenvalue weighted by atomic mass is 127. The molecule has 0 radical (unpaired) electrons. The first-order valence-corrected chi connectivity index (χ1v) is 10.0. The lowest BCUT2D eigenvalue weighted by Crippen LogP contribution is -2.40. The zero-order chi connectivity index (χ0) is 21.2. The fraction of sp³-hybridized carbons (Fsp3) is 0.421. The minimum absolute atomic E-state index is 0.0873. The average Bonchev–Trinajstić information content (AvgIpc) is 3.25. The van der Waals surface area contributed by atoms with Gasteiger partial charge in [-0.25, -0.2) is 9.18 Å². The first-order chi connectivity index (χ1) is 13.6. The number of cyclic esters (lactones) is 1. The number of carbonyl (C=O) groups is 2. The molecule has 10 heteroatoms. The maximum atomic E-state index is 13.9. The van der Waals surface area contributed by atoms with Crippen molar-refractivity contribution in [2.45, 2.75) is 32.5 Å². The van der Waals surface area contributed by atoms with E-state index in [9.17, 15) is 14.0 Å². The summed E-state index contributed by atoms with van der Waals surface area (Å²) in [5.41, 5.74) is -0.214. The zero-order valence-electron chi connectivity index (χ0n) is 16.2. The van der Waals surface area contributed by atoms with Crippen LogP contribution in [0.3, 0.4) is 0 Å². The van der Waals surface area contributed by atoms with E-state index in [1.807, 2.05) is 22.6 Å². The van der Waals surface area contributed by atoms with E-state index in [1.165, 1.54) is 17.2 Å². The summed E-state index contributed by atoms with van der Waals surface area (Å²) in [6, 6.07) is 6.15. The smallest absolute Gasteiger partial charge is 0.414 e. The van der Waals surface area contributed by atoms with Crippen molar-refractivity contribution in [3.05, 3.63) is 39.9 Å². The molecule has 1 saturated heterocycles. The van der Waals surface area contributed by atoms with E-state index >= 15 is 0 Å². The second-order valence-corrected chi connectivity index (χ2v) is 8.70. The van der Waals surface area contributed by atoms with Crippen molar-refractivity contribution in [3.63, 3.8) is 0 Å². The molecule has 1 fully saturated rings. The molecule has 8 nitrogen and oxygen atoms in total. The summed E-state index contributed by atoms with van der Waals surface area (Å²) in [7, 11) is 0. The molecule has 156 valence electrons. The highest BCUT2D eigenvalue weighted by Crippen LogP contribution is 2.25.